The predicted octanol–water partition coefficient (Wildman–Crippen LogP) is 1.94. The minimum atomic E-state index is -1.05. The second-order valence-corrected chi connectivity index (χ2v) is 5.59. The van der Waals surface area contributed by atoms with Gasteiger partial charge in [0.1, 0.15) is 17.1 Å². The van der Waals surface area contributed by atoms with Crippen LogP contribution in [0.1, 0.15) is 28.7 Å². The van der Waals surface area contributed by atoms with E-state index in [0.717, 1.165) is 5.69 Å². The van der Waals surface area contributed by atoms with E-state index in [1.54, 1.807) is 18.7 Å². The quantitative estimate of drug-likeness (QED) is 0.801. The first-order chi connectivity index (χ1) is 11.7. The van der Waals surface area contributed by atoms with Crippen molar-refractivity contribution >= 4 is 17.6 Å². The van der Waals surface area contributed by atoms with Crippen molar-refractivity contribution in [2.24, 2.45) is 7.05 Å². The van der Waals surface area contributed by atoms with Crippen LogP contribution in [0.5, 0.6) is 11.5 Å². The third kappa shape index (κ3) is 3.90. The van der Waals surface area contributed by atoms with Crippen molar-refractivity contribution in [1.82, 2.24) is 9.78 Å². The molecule has 2 N–H and O–H groups in total. The highest BCUT2D eigenvalue weighted by Gasteiger charge is 2.23. The topological polar surface area (TPSA) is 103 Å². The van der Waals surface area contributed by atoms with Crippen LogP contribution >= 0.6 is 0 Å². The molecule has 134 valence electrons. The molecular formula is C17H21N3O5. The normalized spacial score (nSPS) is 11.7. The number of carbonyl (C=O) groups is 2. The number of amides is 1. The summed E-state index contributed by atoms with van der Waals surface area (Å²) in [4.78, 5) is 24.4. The van der Waals surface area contributed by atoms with E-state index in [4.69, 9.17) is 9.47 Å². The molecule has 8 nitrogen and oxygen atoms in total. The lowest BCUT2D eigenvalue weighted by atomic mass is 10.2. The Morgan fingerprint density at radius 3 is 2.52 bits per heavy atom. The summed E-state index contributed by atoms with van der Waals surface area (Å²) in [5.41, 5.74) is 1.99. The highest BCUT2D eigenvalue weighted by molar-refractivity contribution is 5.98. The summed E-state index contributed by atoms with van der Waals surface area (Å²) in [6.07, 6.45) is -1.05. The maximum atomic E-state index is 12.3. The van der Waals surface area contributed by atoms with E-state index in [2.05, 4.69) is 10.4 Å². The number of aryl methyl sites for hydroxylation is 2. The van der Waals surface area contributed by atoms with E-state index in [1.807, 2.05) is 6.92 Å². The van der Waals surface area contributed by atoms with E-state index in [-0.39, 0.29) is 11.3 Å². The lowest BCUT2D eigenvalue weighted by molar-refractivity contribution is -0.123. The first-order valence-electron chi connectivity index (χ1n) is 7.63. The molecule has 25 heavy (non-hydrogen) atoms. The van der Waals surface area contributed by atoms with Crippen LogP contribution in [0.25, 0.3) is 0 Å². The van der Waals surface area contributed by atoms with Crippen LogP contribution < -0.4 is 10.1 Å². The number of phenolic OH excluding ortho intramolecular Hbond substituents is 1. The molecule has 1 atom stereocenters. The van der Waals surface area contributed by atoms with Crippen LogP contribution in [-0.4, -0.2) is 40.0 Å². The molecule has 0 unspecified atom stereocenters. The van der Waals surface area contributed by atoms with E-state index in [0.29, 0.717) is 17.1 Å². The Kier molecular flexibility index (Phi) is 5.31. The second kappa shape index (κ2) is 7.25. The fourth-order valence-corrected chi connectivity index (χ4v) is 2.27. The van der Waals surface area contributed by atoms with Crippen LogP contribution in [0.3, 0.4) is 0 Å². The van der Waals surface area contributed by atoms with Crippen LogP contribution in [0.15, 0.2) is 18.2 Å². The van der Waals surface area contributed by atoms with Crippen molar-refractivity contribution in [3.05, 3.63) is 35.2 Å². The van der Waals surface area contributed by atoms with Gasteiger partial charge in [-0.3, -0.25) is 9.48 Å². The Labute approximate surface area is 145 Å². The number of anilines is 1. The molecule has 1 aromatic heterocycles. The van der Waals surface area contributed by atoms with E-state index >= 15 is 0 Å². The molecule has 0 spiro atoms. The van der Waals surface area contributed by atoms with Gasteiger partial charge in [-0.05, 0) is 32.9 Å². The number of hydrogen-bond acceptors (Lipinski definition) is 6. The maximum absolute atomic E-state index is 12.3. The molecule has 0 bridgehead atoms. The first kappa shape index (κ1) is 18.3. The number of aromatic hydroxyl groups is 1. The third-order valence-electron chi connectivity index (χ3n) is 3.84. The van der Waals surface area contributed by atoms with Gasteiger partial charge in [-0.15, -0.1) is 0 Å². The average molecular weight is 347 g/mol. The number of benzene rings is 1. The molecule has 0 saturated carbocycles. The van der Waals surface area contributed by atoms with Gasteiger partial charge in [-0.1, -0.05) is 0 Å². The molecule has 2 rings (SSSR count). The lowest BCUT2D eigenvalue weighted by Gasteiger charge is -2.14. The molecule has 1 aromatic carbocycles. The lowest BCUT2D eigenvalue weighted by Crippen LogP contribution is -2.30. The van der Waals surface area contributed by atoms with Crippen LogP contribution in [-0.2, 0) is 16.6 Å². The van der Waals surface area contributed by atoms with Crippen molar-refractivity contribution in [2.45, 2.75) is 26.9 Å². The molecule has 0 fully saturated rings. The zero-order valence-electron chi connectivity index (χ0n) is 14.8. The number of phenols is 1. The molecule has 8 heteroatoms. The summed E-state index contributed by atoms with van der Waals surface area (Å²) in [7, 11) is 3.22. The van der Waals surface area contributed by atoms with E-state index in [9.17, 15) is 14.7 Å². The minimum absolute atomic E-state index is 0.0470. The summed E-state index contributed by atoms with van der Waals surface area (Å²) in [5, 5.41) is 16.8. The minimum Gasteiger partial charge on any atom is -0.507 e. The van der Waals surface area contributed by atoms with Crippen LogP contribution in [0, 0.1) is 13.8 Å². The average Bonchev–Trinajstić information content (AvgIpc) is 2.80. The maximum Gasteiger partial charge on any atom is 0.342 e. The zero-order chi connectivity index (χ0) is 18.7. The Morgan fingerprint density at radius 1 is 1.32 bits per heavy atom. The molecule has 0 aliphatic rings. The number of nitrogens with one attached hydrogen (secondary N) is 1. The number of methoxy groups -OCH3 is 1. The van der Waals surface area contributed by atoms with E-state index in [1.165, 1.54) is 32.2 Å². The van der Waals surface area contributed by atoms with Gasteiger partial charge < -0.3 is 19.9 Å². The third-order valence-corrected chi connectivity index (χ3v) is 3.84. The summed E-state index contributed by atoms with van der Waals surface area (Å²) in [5.74, 6) is -1.17. The molecule has 1 amide bonds. The largest absolute Gasteiger partial charge is 0.507 e. The van der Waals surface area contributed by atoms with Crippen LogP contribution in [0.4, 0.5) is 5.69 Å². The summed E-state index contributed by atoms with van der Waals surface area (Å²) in [6, 6.07) is 4.18. The number of aromatic nitrogens is 2. The van der Waals surface area contributed by atoms with Crippen molar-refractivity contribution in [2.75, 3.05) is 12.4 Å². The van der Waals surface area contributed by atoms with E-state index < -0.39 is 18.0 Å². The summed E-state index contributed by atoms with van der Waals surface area (Å²) < 4.78 is 11.7. The molecule has 0 radical (unpaired) electrons. The van der Waals surface area contributed by atoms with Gasteiger partial charge in [-0.25, -0.2) is 4.79 Å². The van der Waals surface area contributed by atoms with Gasteiger partial charge in [0.05, 0.1) is 24.2 Å². The van der Waals surface area contributed by atoms with Gasteiger partial charge in [0.15, 0.2) is 6.10 Å². The fraction of sp³-hybridized carbons (Fsp3) is 0.353. The highest BCUT2D eigenvalue weighted by Crippen LogP contribution is 2.24. The number of carbonyl (C=O) groups excluding carboxylic acids is 2. The molecular weight excluding hydrogens is 326 g/mol. The van der Waals surface area contributed by atoms with Crippen molar-refractivity contribution in [3.63, 3.8) is 0 Å². The molecule has 0 saturated heterocycles. The Bertz CT molecular complexity index is 813. The smallest absolute Gasteiger partial charge is 0.342 e. The SMILES string of the molecule is COc1ccc(C(=O)O[C@@H](C)C(=O)Nc2c(C)nn(C)c2C)c(O)c1. The number of rotatable bonds is 5. The molecule has 1 heterocycles. The van der Waals surface area contributed by atoms with Gasteiger partial charge >= 0.3 is 5.97 Å². The Morgan fingerprint density at radius 2 is 2.00 bits per heavy atom. The summed E-state index contributed by atoms with van der Waals surface area (Å²) in [6.45, 7) is 5.05. The number of ether oxygens (including phenoxy) is 2. The van der Waals surface area contributed by atoms with Gasteiger partial charge in [0, 0.05) is 13.1 Å². The predicted molar refractivity (Wildman–Crippen MR) is 90.8 cm³/mol. The number of nitrogens with zero attached hydrogens (tertiary/aromatic N) is 2. The molecule has 0 aliphatic heterocycles. The van der Waals surface area contributed by atoms with Crippen molar-refractivity contribution in [1.29, 1.82) is 0 Å². The second-order valence-electron chi connectivity index (χ2n) is 5.59. The zero-order valence-corrected chi connectivity index (χ0v) is 14.8. The first-order valence-corrected chi connectivity index (χ1v) is 7.63. The standard InChI is InChI=1S/C17H21N3O5/c1-9-15(10(2)20(4)19-9)18-16(22)11(3)25-17(23)13-7-6-12(24-5)8-14(13)21/h6-8,11,21H,1-5H3,(H,18,22)/t11-/m0/s1. The molecule has 0 aliphatic carbocycles. The van der Waals surface area contributed by atoms with Crippen molar-refractivity contribution < 1.29 is 24.2 Å². The number of esters is 1. The van der Waals surface area contributed by atoms with Crippen molar-refractivity contribution in [3.8, 4) is 11.5 Å². The molecule has 2 aromatic rings. The number of hydrogen-bond donors (Lipinski definition) is 2. The Balaban J connectivity index is 2.07. The monoisotopic (exact) mass is 347 g/mol. The fourth-order valence-electron chi connectivity index (χ4n) is 2.27. The van der Waals surface area contributed by atoms with Gasteiger partial charge in [0.2, 0.25) is 0 Å². The summed E-state index contributed by atoms with van der Waals surface area (Å²) >= 11 is 0. The van der Waals surface area contributed by atoms with Crippen LogP contribution in [0.2, 0.25) is 0 Å². The van der Waals surface area contributed by atoms with Gasteiger partial charge in [0.25, 0.3) is 5.91 Å². The van der Waals surface area contributed by atoms with Gasteiger partial charge in [-0.2, -0.15) is 5.10 Å². The highest BCUT2D eigenvalue weighted by atomic mass is 16.5. The Hall–Kier alpha value is -3.03.